The van der Waals surface area contributed by atoms with Crippen molar-refractivity contribution in [3.05, 3.63) is 52.1 Å². The third-order valence-corrected chi connectivity index (χ3v) is 4.32. The van der Waals surface area contributed by atoms with Gasteiger partial charge in [0.15, 0.2) is 11.5 Å². The topological polar surface area (TPSA) is 117 Å². The van der Waals surface area contributed by atoms with E-state index >= 15 is 0 Å². The molecule has 10 heteroatoms. The summed E-state index contributed by atoms with van der Waals surface area (Å²) < 4.78 is 38.9. The van der Waals surface area contributed by atoms with Gasteiger partial charge in [0.2, 0.25) is 0 Å². The van der Waals surface area contributed by atoms with Crippen LogP contribution in [0.25, 0.3) is 6.08 Å². The van der Waals surface area contributed by atoms with Crippen molar-refractivity contribution in [3.63, 3.8) is 0 Å². The molecule has 0 heterocycles. The summed E-state index contributed by atoms with van der Waals surface area (Å²) in [5.74, 6) is -2.58. The largest absolute Gasteiger partial charge is 0.508 e. The molecule has 0 amide bonds. The molecular weight excluding hydrogens is 409 g/mol. The first kappa shape index (κ1) is 21.8. The zero-order valence-electron chi connectivity index (χ0n) is 14.9. The number of thiocarbonyl (C=S) groups is 1. The van der Waals surface area contributed by atoms with Gasteiger partial charge < -0.3 is 25.7 Å². The maximum atomic E-state index is 13.0. The highest BCUT2D eigenvalue weighted by Gasteiger charge is 2.35. The number of hydrogen-bond acceptors (Lipinski definition) is 6. The zero-order chi connectivity index (χ0) is 21.9. The summed E-state index contributed by atoms with van der Waals surface area (Å²) in [5, 5.41) is 50.3. The van der Waals surface area contributed by atoms with E-state index in [0.29, 0.717) is 17.2 Å². The molecule has 0 saturated carbocycles. The van der Waals surface area contributed by atoms with E-state index < -0.39 is 23.2 Å². The molecule has 6 nitrogen and oxygen atoms in total. The second kappa shape index (κ2) is 8.28. The number of halogens is 3. The van der Waals surface area contributed by atoms with Gasteiger partial charge in [-0.2, -0.15) is 18.4 Å². The molecule has 29 heavy (non-hydrogen) atoms. The first-order valence-corrected chi connectivity index (χ1v) is 8.39. The van der Waals surface area contributed by atoms with Crippen molar-refractivity contribution in [2.45, 2.75) is 19.6 Å². The van der Waals surface area contributed by atoms with E-state index in [2.05, 4.69) is 5.32 Å². The van der Waals surface area contributed by atoms with Crippen LogP contribution in [-0.4, -0.2) is 25.4 Å². The number of benzene rings is 2. The van der Waals surface area contributed by atoms with Crippen molar-refractivity contribution < 1.29 is 33.6 Å². The maximum absolute atomic E-state index is 13.0. The van der Waals surface area contributed by atoms with Crippen LogP contribution in [0.2, 0.25) is 0 Å². The Balaban J connectivity index is 2.27. The van der Waals surface area contributed by atoms with Gasteiger partial charge >= 0.3 is 6.18 Å². The van der Waals surface area contributed by atoms with Crippen molar-refractivity contribution in [1.29, 1.82) is 5.26 Å². The Morgan fingerprint density at radius 1 is 1.10 bits per heavy atom. The van der Waals surface area contributed by atoms with Gasteiger partial charge in [-0.3, -0.25) is 0 Å². The number of nitriles is 1. The summed E-state index contributed by atoms with van der Waals surface area (Å²) in [6.45, 7) is 1.54. The van der Waals surface area contributed by atoms with Crippen molar-refractivity contribution in [2.24, 2.45) is 0 Å². The average Bonchev–Trinajstić information content (AvgIpc) is 2.63. The first-order valence-electron chi connectivity index (χ1n) is 7.98. The molecule has 5 N–H and O–H groups in total. The standard InChI is InChI=1S/C19H15F3N2O4S/c1-9-14(25)5-11(6-15(9)26)8-24-18(29)12(7-23)2-10-3-13(19(20,21)22)17(28)16(27)4-10/h2-6,25-28H,8H2,1H3,(H,24,29)/b12-2+. The van der Waals surface area contributed by atoms with Crippen LogP contribution in [0.15, 0.2) is 29.8 Å². The van der Waals surface area contributed by atoms with Crippen LogP contribution in [0.4, 0.5) is 13.2 Å². The molecule has 0 unspecified atom stereocenters. The monoisotopic (exact) mass is 424 g/mol. The summed E-state index contributed by atoms with van der Waals surface area (Å²) in [6.07, 6.45) is -3.89. The van der Waals surface area contributed by atoms with Crippen molar-refractivity contribution in [1.82, 2.24) is 5.32 Å². The lowest BCUT2D eigenvalue weighted by atomic mass is 10.1. The molecule has 0 radical (unpaired) electrons. The zero-order valence-corrected chi connectivity index (χ0v) is 15.7. The molecule has 0 aromatic heterocycles. The minimum Gasteiger partial charge on any atom is -0.508 e. The van der Waals surface area contributed by atoms with E-state index in [9.17, 15) is 38.9 Å². The molecule has 0 bridgehead atoms. The fourth-order valence-corrected chi connectivity index (χ4v) is 2.55. The van der Waals surface area contributed by atoms with Gasteiger partial charge in [0.05, 0.1) is 5.57 Å². The minimum absolute atomic E-state index is 0.0217. The maximum Gasteiger partial charge on any atom is 0.420 e. The van der Waals surface area contributed by atoms with Crippen LogP contribution >= 0.6 is 12.2 Å². The highest BCUT2D eigenvalue weighted by Crippen LogP contribution is 2.41. The molecule has 0 aliphatic heterocycles. The van der Waals surface area contributed by atoms with E-state index in [4.69, 9.17) is 12.2 Å². The van der Waals surface area contributed by atoms with Gasteiger partial charge in [0, 0.05) is 12.1 Å². The van der Waals surface area contributed by atoms with Gasteiger partial charge in [-0.1, -0.05) is 12.2 Å². The predicted molar refractivity (Wildman–Crippen MR) is 102 cm³/mol. The number of nitrogens with zero attached hydrogens (tertiary/aromatic N) is 1. The molecule has 152 valence electrons. The second-order valence-corrected chi connectivity index (χ2v) is 6.45. The van der Waals surface area contributed by atoms with Crippen molar-refractivity contribution >= 4 is 23.3 Å². The summed E-state index contributed by atoms with van der Waals surface area (Å²) in [4.78, 5) is -0.104. The lowest BCUT2D eigenvalue weighted by molar-refractivity contribution is -0.138. The molecule has 2 rings (SSSR count). The Labute approximate surface area is 168 Å². The minimum atomic E-state index is -4.91. The van der Waals surface area contributed by atoms with Crippen LogP contribution in [0.5, 0.6) is 23.0 Å². The molecule has 2 aromatic carbocycles. The highest BCUT2D eigenvalue weighted by molar-refractivity contribution is 7.80. The molecule has 0 saturated heterocycles. The lowest BCUT2D eigenvalue weighted by Crippen LogP contribution is -2.22. The Kier molecular flexibility index (Phi) is 6.24. The van der Waals surface area contributed by atoms with E-state index in [1.807, 2.05) is 0 Å². The third-order valence-electron chi connectivity index (χ3n) is 3.96. The van der Waals surface area contributed by atoms with Crippen LogP contribution < -0.4 is 5.32 Å². The lowest BCUT2D eigenvalue weighted by Gasteiger charge is -2.12. The SMILES string of the molecule is Cc1c(O)cc(CNC(=S)/C(C#N)=C/c2cc(O)c(O)c(C(F)(F)F)c2)cc1O. The Hall–Kier alpha value is -3.45. The van der Waals surface area contributed by atoms with Gasteiger partial charge in [-0.25, -0.2) is 0 Å². The van der Waals surface area contributed by atoms with Crippen molar-refractivity contribution in [2.75, 3.05) is 0 Å². The Morgan fingerprint density at radius 2 is 1.69 bits per heavy atom. The highest BCUT2D eigenvalue weighted by atomic mass is 32.1. The number of alkyl halides is 3. The Morgan fingerprint density at radius 3 is 2.21 bits per heavy atom. The average molecular weight is 424 g/mol. The van der Waals surface area contributed by atoms with Gasteiger partial charge in [-0.05, 0) is 48.4 Å². The second-order valence-electron chi connectivity index (χ2n) is 6.05. The van der Waals surface area contributed by atoms with Crippen LogP contribution in [0.1, 0.15) is 22.3 Å². The smallest absolute Gasteiger partial charge is 0.420 e. The van der Waals surface area contributed by atoms with Crippen LogP contribution in [-0.2, 0) is 12.7 Å². The summed E-state index contributed by atoms with van der Waals surface area (Å²) in [6, 6.07) is 5.95. The van der Waals surface area contributed by atoms with Gasteiger partial charge in [0.25, 0.3) is 0 Å². The molecule has 0 atom stereocenters. The van der Waals surface area contributed by atoms with Crippen molar-refractivity contribution in [3.8, 4) is 29.1 Å². The van der Waals surface area contributed by atoms with Gasteiger partial charge in [-0.15, -0.1) is 0 Å². The quantitative estimate of drug-likeness (QED) is 0.219. The molecule has 0 spiro atoms. The number of rotatable bonds is 4. The normalized spacial score (nSPS) is 11.8. The van der Waals surface area contributed by atoms with Gasteiger partial charge in [0.1, 0.15) is 28.1 Å². The molecule has 2 aromatic rings. The van der Waals surface area contributed by atoms with E-state index in [1.54, 1.807) is 6.07 Å². The molecule has 0 aliphatic rings. The fraction of sp³-hybridized carbons (Fsp3) is 0.158. The number of phenolic OH excluding ortho intramolecular Hbond substituents is 4. The van der Waals surface area contributed by atoms with Crippen LogP contribution in [0, 0.1) is 18.3 Å². The molecular formula is C19H15F3N2O4S. The number of phenols is 4. The molecule has 0 aliphatic carbocycles. The first-order chi connectivity index (χ1) is 13.4. The Bertz CT molecular complexity index is 1020. The molecule has 0 fully saturated rings. The number of nitrogens with one attached hydrogen (secondary N) is 1. The summed E-state index contributed by atoms with van der Waals surface area (Å²) in [5.41, 5.74) is -1.10. The number of hydrogen-bond donors (Lipinski definition) is 5. The van der Waals surface area contributed by atoms with Crippen LogP contribution in [0.3, 0.4) is 0 Å². The van der Waals surface area contributed by atoms with E-state index in [1.165, 1.54) is 19.1 Å². The fourth-order valence-electron chi connectivity index (χ4n) is 2.38. The summed E-state index contributed by atoms with van der Waals surface area (Å²) in [7, 11) is 0. The van der Waals surface area contributed by atoms with E-state index in [0.717, 1.165) is 12.1 Å². The predicted octanol–water partition coefficient (Wildman–Crippen LogP) is 3.86. The van der Waals surface area contributed by atoms with E-state index in [-0.39, 0.29) is 34.2 Å². The third kappa shape index (κ3) is 5.08. The number of aromatic hydroxyl groups is 4. The summed E-state index contributed by atoms with van der Waals surface area (Å²) >= 11 is 5.07.